The molecule has 2 aromatic rings. The molecular formula is C19H22ClNO5S. The largest absolute Gasteiger partial charge is 0.490 e. The number of esters is 1. The molecule has 0 aliphatic heterocycles. The molecule has 0 aliphatic rings. The van der Waals surface area contributed by atoms with E-state index in [0.29, 0.717) is 10.8 Å². The zero-order valence-electron chi connectivity index (χ0n) is 15.4. The summed E-state index contributed by atoms with van der Waals surface area (Å²) in [6, 6.07) is 12.5. The van der Waals surface area contributed by atoms with Crippen LogP contribution in [0.3, 0.4) is 0 Å². The van der Waals surface area contributed by atoms with Crippen LogP contribution in [0.25, 0.3) is 0 Å². The Morgan fingerprint density at radius 2 is 1.81 bits per heavy atom. The van der Waals surface area contributed by atoms with E-state index in [-0.39, 0.29) is 29.7 Å². The number of ether oxygens (including phenoxy) is 2. The molecule has 6 nitrogen and oxygen atoms in total. The molecule has 0 atom stereocenters. The van der Waals surface area contributed by atoms with Gasteiger partial charge >= 0.3 is 5.97 Å². The van der Waals surface area contributed by atoms with Crippen molar-refractivity contribution in [2.45, 2.75) is 24.8 Å². The Bertz CT molecular complexity index is 898. The lowest BCUT2D eigenvalue weighted by Gasteiger charge is -2.21. The Kier molecular flexibility index (Phi) is 7.24. The first-order chi connectivity index (χ1) is 12.7. The van der Waals surface area contributed by atoms with Gasteiger partial charge in [-0.15, -0.1) is 0 Å². The number of rotatable bonds is 8. The maximum Gasteiger partial charge on any atom is 0.338 e. The van der Waals surface area contributed by atoms with Gasteiger partial charge < -0.3 is 9.47 Å². The van der Waals surface area contributed by atoms with E-state index in [9.17, 15) is 13.2 Å². The Balaban J connectivity index is 1.97. The molecule has 0 saturated heterocycles. The molecule has 0 N–H and O–H groups in total. The van der Waals surface area contributed by atoms with Crippen LogP contribution in [0.2, 0.25) is 5.02 Å². The topological polar surface area (TPSA) is 72.9 Å². The van der Waals surface area contributed by atoms with Gasteiger partial charge in [-0.25, -0.2) is 13.2 Å². The lowest BCUT2D eigenvalue weighted by atomic mass is 10.2. The molecule has 0 amide bonds. The van der Waals surface area contributed by atoms with Crippen LogP contribution in [0.5, 0.6) is 5.75 Å². The summed E-state index contributed by atoms with van der Waals surface area (Å²) < 4.78 is 36.9. The first-order valence-electron chi connectivity index (χ1n) is 8.35. The third kappa shape index (κ3) is 5.69. The van der Waals surface area contributed by atoms with Crippen molar-refractivity contribution in [3.05, 3.63) is 59.1 Å². The number of halogens is 1. The Morgan fingerprint density at radius 3 is 2.48 bits per heavy atom. The molecule has 0 spiro atoms. The number of nitrogens with zero attached hydrogens (tertiary/aromatic N) is 1. The summed E-state index contributed by atoms with van der Waals surface area (Å²) in [4.78, 5) is 12.2. The number of carbonyl (C=O) groups is 1. The van der Waals surface area contributed by atoms with E-state index in [0.717, 1.165) is 0 Å². The van der Waals surface area contributed by atoms with Gasteiger partial charge in [-0.05, 0) is 50.2 Å². The molecule has 0 fully saturated rings. The average molecular weight is 412 g/mol. The van der Waals surface area contributed by atoms with Gasteiger partial charge in [-0.3, -0.25) is 0 Å². The molecule has 0 aromatic heterocycles. The van der Waals surface area contributed by atoms with Crippen molar-refractivity contribution in [2.75, 3.05) is 20.3 Å². The molecule has 0 unspecified atom stereocenters. The minimum Gasteiger partial charge on any atom is -0.490 e. The molecule has 0 heterocycles. The highest BCUT2D eigenvalue weighted by atomic mass is 35.5. The summed E-state index contributed by atoms with van der Waals surface area (Å²) in [5, 5.41) is 0.550. The van der Waals surface area contributed by atoms with Crippen LogP contribution in [-0.2, 0) is 14.8 Å². The average Bonchev–Trinajstić information content (AvgIpc) is 2.64. The summed E-state index contributed by atoms with van der Waals surface area (Å²) in [5.74, 6) is -0.0442. The van der Waals surface area contributed by atoms with Crippen molar-refractivity contribution in [1.29, 1.82) is 0 Å². The van der Waals surface area contributed by atoms with Crippen molar-refractivity contribution in [1.82, 2.24) is 4.31 Å². The lowest BCUT2D eigenvalue weighted by molar-refractivity contribution is 0.0450. The number of benzene rings is 2. The number of carbonyl (C=O) groups excluding carboxylic acids is 1. The first kappa shape index (κ1) is 21.2. The van der Waals surface area contributed by atoms with E-state index in [1.54, 1.807) is 38.1 Å². The highest BCUT2D eigenvalue weighted by molar-refractivity contribution is 7.89. The standard InChI is InChI=1S/C19H22ClNO5S/c1-14(2)21(3)27(23,24)18-9-4-6-15(12-18)19(22)26-11-10-25-17-8-5-7-16(20)13-17/h4-9,12-14H,10-11H2,1-3H3. The zero-order chi connectivity index (χ0) is 20.0. The minimum atomic E-state index is -3.67. The summed E-state index contributed by atoms with van der Waals surface area (Å²) >= 11 is 5.86. The maximum absolute atomic E-state index is 12.5. The van der Waals surface area contributed by atoms with Crippen molar-refractivity contribution >= 4 is 27.6 Å². The summed E-state index contributed by atoms with van der Waals surface area (Å²) in [5.41, 5.74) is 0.163. The number of hydrogen-bond acceptors (Lipinski definition) is 5. The monoisotopic (exact) mass is 411 g/mol. The highest BCUT2D eigenvalue weighted by Gasteiger charge is 2.24. The molecular weight excluding hydrogens is 390 g/mol. The Labute approximate surface area is 164 Å². The number of sulfonamides is 1. The van der Waals surface area contributed by atoms with Crippen molar-refractivity contribution < 1.29 is 22.7 Å². The predicted molar refractivity (Wildman–Crippen MR) is 104 cm³/mol. The summed E-state index contributed by atoms with van der Waals surface area (Å²) in [6.45, 7) is 3.72. The quantitative estimate of drug-likeness (QED) is 0.490. The zero-order valence-corrected chi connectivity index (χ0v) is 17.0. The fourth-order valence-electron chi connectivity index (χ4n) is 2.16. The van der Waals surface area contributed by atoms with Crippen LogP contribution in [-0.4, -0.2) is 45.0 Å². The van der Waals surface area contributed by atoms with Gasteiger partial charge in [0.1, 0.15) is 19.0 Å². The fraction of sp³-hybridized carbons (Fsp3) is 0.316. The molecule has 0 radical (unpaired) electrons. The van der Waals surface area contributed by atoms with E-state index < -0.39 is 16.0 Å². The van der Waals surface area contributed by atoms with E-state index in [2.05, 4.69) is 0 Å². The molecule has 8 heteroatoms. The van der Waals surface area contributed by atoms with Gasteiger partial charge in [0.2, 0.25) is 10.0 Å². The van der Waals surface area contributed by atoms with Crippen LogP contribution in [0, 0.1) is 0 Å². The van der Waals surface area contributed by atoms with Gasteiger partial charge in [-0.2, -0.15) is 4.31 Å². The third-order valence-electron chi connectivity index (χ3n) is 3.86. The number of hydrogen-bond donors (Lipinski definition) is 0. The van der Waals surface area contributed by atoms with Gasteiger partial charge in [0.25, 0.3) is 0 Å². The molecule has 0 saturated carbocycles. The van der Waals surface area contributed by atoms with Crippen LogP contribution < -0.4 is 4.74 Å². The second kappa shape index (κ2) is 9.21. The molecule has 0 aliphatic carbocycles. The summed E-state index contributed by atoms with van der Waals surface area (Å²) in [7, 11) is -2.17. The van der Waals surface area contributed by atoms with Crippen LogP contribution in [0.4, 0.5) is 0 Å². The minimum absolute atomic E-state index is 0.0220. The second-order valence-corrected chi connectivity index (χ2v) is 8.52. The van der Waals surface area contributed by atoms with Gasteiger partial charge in [0, 0.05) is 18.1 Å². The Hall–Kier alpha value is -2.09. The third-order valence-corrected chi connectivity index (χ3v) is 6.12. The van der Waals surface area contributed by atoms with Gasteiger partial charge in [0.05, 0.1) is 10.5 Å². The summed E-state index contributed by atoms with van der Waals surface area (Å²) in [6.07, 6.45) is 0. The van der Waals surface area contributed by atoms with Crippen molar-refractivity contribution in [2.24, 2.45) is 0 Å². The highest BCUT2D eigenvalue weighted by Crippen LogP contribution is 2.19. The van der Waals surface area contributed by atoms with Crippen LogP contribution in [0.1, 0.15) is 24.2 Å². The Morgan fingerprint density at radius 1 is 1.11 bits per heavy atom. The maximum atomic E-state index is 12.5. The fourth-order valence-corrected chi connectivity index (χ4v) is 3.76. The predicted octanol–water partition coefficient (Wildman–Crippen LogP) is 3.60. The molecule has 0 bridgehead atoms. The molecule has 146 valence electrons. The van der Waals surface area contributed by atoms with Crippen molar-refractivity contribution in [3.8, 4) is 5.75 Å². The molecule has 2 rings (SSSR count). The SMILES string of the molecule is CC(C)N(C)S(=O)(=O)c1cccc(C(=O)OCCOc2cccc(Cl)c2)c1. The van der Waals surface area contributed by atoms with E-state index in [1.807, 2.05) is 0 Å². The van der Waals surface area contributed by atoms with E-state index >= 15 is 0 Å². The van der Waals surface area contributed by atoms with Crippen LogP contribution in [0.15, 0.2) is 53.4 Å². The molecule has 2 aromatic carbocycles. The second-order valence-electron chi connectivity index (χ2n) is 6.08. The van der Waals surface area contributed by atoms with E-state index in [4.69, 9.17) is 21.1 Å². The first-order valence-corrected chi connectivity index (χ1v) is 10.2. The molecule has 27 heavy (non-hydrogen) atoms. The lowest BCUT2D eigenvalue weighted by Crippen LogP contribution is -2.33. The van der Waals surface area contributed by atoms with Crippen LogP contribution >= 0.6 is 11.6 Å². The van der Waals surface area contributed by atoms with E-state index in [1.165, 1.54) is 35.6 Å². The van der Waals surface area contributed by atoms with Gasteiger partial charge in [0.15, 0.2) is 0 Å². The van der Waals surface area contributed by atoms with Gasteiger partial charge in [-0.1, -0.05) is 23.7 Å². The van der Waals surface area contributed by atoms with Crippen molar-refractivity contribution in [3.63, 3.8) is 0 Å². The smallest absolute Gasteiger partial charge is 0.338 e. The normalized spacial score (nSPS) is 11.6.